The number of hydrogen-bond donors (Lipinski definition) is 1. The fourth-order valence-electron chi connectivity index (χ4n) is 3.54. The first-order valence-electron chi connectivity index (χ1n) is 8.78. The molecule has 2 atom stereocenters. The fourth-order valence-corrected chi connectivity index (χ4v) is 3.54. The summed E-state index contributed by atoms with van der Waals surface area (Å²) in [6.07, 6.45) is 0.619. The van der Waals surface area contributed by atoms with E-state index in [4.69, 9.17) is 0 Å². The van der Waals surface area contributed by atoms with Gasteiger partial charge in [0.25, 0.3) is 5.91 Å². The molecular formula is C20H24N2O3. The van der Waals surface area contributed by atoms with Crippen LogP contribution in [0.3, 0.4) is 0 Å². The molecule has 5 heteroatoms. The molecule has 1 aromatic heterocycles. The van der Waals surface area contributed by atoms with E-state index < -0.39 is 11.9 Å². The highest BCUT2D eigenvalue weighted by molar-refractivity contribution is 6.06. The Morgan fingerprint density at radius 2 is 1.96 bits per heavy atom. The van der Waals surface area contributed by atoms with E-state index in [2.05, 4.69) is 18.8 Å². The summed E-state index contributed by atoms with van der Waals surface area (Å²) in [6.45, 7) is 6.96. The molecule has 1 N–H and O–H groups in total. The summed E-state index contributed by atoms with van der Waals surface area (Å²) in [5, 5.41) is 10.2. The molecule has 132 valence electrons. The predicted octanol–water partition coefficient (Wildman–Crippen LogP) is 3.54. The standard InChI is InChI=1S/C20H24N2O3/c1-12(2)18-9-16(15-6-4-5-7-17(15)21-18)19(23)22-10-13(3)8-14(11-22)20(24)25/h4-7,9,12-14H,8,10-11H2,1-3H3,(H,24,25). The van der Waals surface area contributed by atoms with E-state index in [1.807, 2.05) is 37.3 Å². The Balaban J connectivity index is 2.02. The first kappa shape index (κ1) is 17.4. The monoisotopic (exact) mass is 340 g/mol. The van der Waals surface area contributed by atoms with Gasteiger partial charge in [-0.2, -0.15) is 0 Å². The Labute approximate surface area is 147 Å². The average molecular weight is 340 g/mol. The number of carboxylic acid groups (broad SMARTS) is 1. The molecule has 3 rings (SSSR count). The number of benzene rings is 1. The van der Waals surface area contributed by atoms with Crippen LogP contribution in [0.2, 0.25) is 0 Å². The smallest absolute Gasteiger partial charge is 0.308 e. The third-order valence-corrected chi connectivity index (χ3v) is 4.85. The molecule has 25 heavy (non-hydrogen) atoms. The van der Waals surface area contributed by atoms with Crippen molar-refractivity contribution in [2.75, 3.05) is 13.1 Å². The summed E-state index contributed by atoms with van der Waals surface area (Å²) >= 11 is 0. The van der Waals surface area contributed by atoms with Gasteiger partial charge < -0.3 is 10.0 Å². The Morgan fingerprint density at radius 1 is 1.24 bits per heavy atom. The summed E-state index contributed by atoms with van der Waals surface area (Å²) in [6, 6.07) is 9.49. The van der Waals surface area contributed by atoms with Crippen LogP contribution in [0.1, 0.15) is 49.2 Å². The van der Waals surface area contributed by atoms with Crippen molar-refractivity contribution in [1.82, 2.24) is 9.88 Å². The number of nitrogens with zero attached hydrogens (tertiary/aromatic N) is 2. The summed E-state index contributed by atoms with van der Waals surface area (Å²) < 4.78 is 0. The van der Waals surface area contributed by atoms with Gasteiger partial charge in [-0.05, 0) is 30.4 Å². The Kier molecular flexibility index (Phi) is 4.75. The largest absolute Gasteiger partial charge is 0.481 e. The SMILES string of the molecule is CC1CC(C(=O)O)CN(C(=O)c2cc(C(C)C)nc3ccccc23)C1. The number of carbonyl (C=O) groups excluding carboxylic acids is 1. The zero-order chi connectivity index (χ0) is 18.1. The van der Waals surface area contributed by atoms with Gasteiger partial charge in [-0.1, -0.05) is 39.0 Å². The van der Waals surface area contributed by atoms with Crippen LogP contribution in [0.4, 0.5) is 0 Å². The van der Waals surface area contributed by atoms with E-state index in [0.29, 0.717) is 18.5 Å². The molecule has 2 heterocycles. The molecule has 1 aromatic carbocycles. The highest BCUT2D eigenvalue weighted by Crippen LogP contribution is 2.27. The third-order valence-electron chi connectivity index (χ3n) is 4.85. The number of carbonyl (C=O) groups is 2. The van der Waals surface area contributed by atoms with Crippen molar-refractivity contribution in [3.8, 4) is 0 Å². The average Bonchev–Trinajstić information content (AvgIpc) is 2.59. The second-order valence-electron chi connectivity index (χ2n) is 7.35. The molecule has 0 saturated carbocycles. The lowest BCUT2D eigenvalue weighted by molar-refractivity contribution is -0.143. The molecule has 0 radical (unpaired) electrons. The third kappa shape index (κ3) is 3.50. The summed E-state index contributed by atoms with van der Waals surface area (Å²) in [4.78, 5) is 31.0. The van der Waals surface area contributed by atoms with Gasteiger partial charge >= 0.3 is 5.97 Å². The highest BCUT2D eigenvalue weighted by atomic mass is 16.4. The van der Waals surface area contributed by atoms with Crippen LogP contribution in [-0.4, -0.2) is 40.0 Å². The van der Waals surface area contributed by atoms with Crippen molar-refractivity contribution in [2.45, 2.75) is 33.1 Å². The number of para-hydroxylation sites is 1. The molecule has 2 unspecified atom stereocenters. The molecule has 1 aliphatic rings. The predicted molar refractivity (Wildman–Crippen MR) is 96.6 cm³/mol. The molecule has 2 aromatic rings. The molecule has 0 bridgehead atoms. The van der Waals surface area contributed by atoms with Crippen molar-refractivity contribution in [1.29, 1.82) is 0 Å². The van der Waals surface area contributed by atoms with Crippen LogP contribution in [0, 0.1) is 11.8 Å². The number of pyridine rings is 1. The minimum Gasteiger partial charge on any atom is -0.481 e. The minimum absolute atomic E-state index is 0.0988. The lowest BCUT2D eigenvalue weighted by atomic mass is 9.90. The van der Waals surface area contributed by atoms with Gasteiger partial charge in [-0.25, -0.2) is 0 Å². The van der Waals surface area contributed by atoms with Gasteiger partial charge in [0.15, 0.2) is 0 Å². The van der Waals surface area contributed by atoms with Crippen molar-refractivity contribution in [2.24, 2.45) is 11.8 Å². The van der Waals surface area contributed by atoms with Crippen molar-refractivity contribution < 1.29 is 14.7 Å². The summed E-state index contributed by atoms with van der Waals surface area (Å²) in [7, 11) is 0. The number of aliphatic carboxylic acids is 1. The number of carboxylic acids is 1. The van der Waals surface area contributed by atoms with E-state index in [0.717, 1.165) is 16.6 Å². The second-order valence-corrected chi connectivity index (χ2v) is 7.35. The van der Waals surface area contributed by atoms with E-state index >= 15 is 0 Å². The number of likely N-dealkylation sites (tertiary alicyclic amines) is 1. The molecule has 1 aliphatic heterocycles. The quantitative estimate of drug-likeness (QED) is 0.928. The molecule has 1 fully saturated rings. The number of amides is 1. The van der Waals surface area contributed by atoms with E-state index in [9.17, 15) is 14.7 Å². The van der Waals surface area contributed by atoms with Crippen molar-refractivity contribution in [3.05, 3.63) is 41.6 Å². The molecular weight excluding hydrogens is 316 g/mol. The normalized spacial score (nSPS) is 20.9. The molecule has 0 aliphatic carbocycles. The van der Waals surface area contributed by atoms with Gasteiger partial charge in [0, 0.05) is 24.2 Å². The zero-order valence-electron chi connectivity index (χ0n) is 14.9. The van der Waals surface area contributed by atoms with Gasteiger partial charge in [0.1, 0.15) is 0 Å². The highest BCUT2D eigenvalue weighted by Gasteiger charge is 2.33. The second kappa shape index (κ2) is 6.82. The van der Waals surface area contributed by atoms with Crippen molar-refractivity contribution >= 4 is 22.8 Å². The molecule has 1 saturated heterocycles. The topological polar surface area (TPSA) is 70.5 Å². The van der Waals surface area contributed by atoms with Crippen LogP contribution >= 0.6 is 0 Å². The van der Waals surface area contributed by atoms with Crippen LogP contribution < -0.4 is 0 Å². The summed E-state index contributed by atoms with van der Waals surface area (Å²) in [5.74, 6) is -1.03. The van der Waals surface area contributed by atoms with Crippen LogP contribution in [0.5, 0.6) is 0 Å². The van der Waals surface area contributed by atoms with E-state index in [-0.39, 0.29) is 24.3 Å². The van der Waals surface area contributed by atoms with E-state index in [1.54, 1.807) is 4.90 Å². The first-order chi connectivity index (χ1) is 11.9. The maximum Gasteiger partial charge on any atom is 0.308 e. The molecule has 0 spiro atoms. The Bertz CT molecular complexity index is 816. The van der Waals surface area contributed by atoms with Gasteiger partial charge in [-0.15, -0.1) is 0 Å². The molecule has 1 amide bonds. The van der Waals surface area contributed by atoms with E-state index in [1.165, 1.54) is 0 Å². The maximum absolute atomic E-state index is 13.2. The number of hydrogen-bond acceptors (Lipinski definition) is 3. The fraction of sp³-hybridized carbons (Fsp3) is 0.450. The molecule has 5 nitrogen and oxygen atoms in total. The van der Waals surface area contributed by atoms with Gasteiger partial charge in [0.2, 0.25) is 0 Å². The lowest BCUT2D eigenvalue weighted by Crippen LogP contribution is -2.45. The Morgan fingerprint density at radius 3 is 2.64 bits per heavy atom. The summed E-state index contributed by atoms with van der Waals surface area (Å²) in [5.41, 5.74) is 2.30. The van der Waals surface area contributed by atoms with Crippen LogP contribution in [0.15, 0.2) is 30.3 Å². The number of fused-ring (bicyclic) bond motifs is 1. The number of piperidine rings is 1. The van der Waals surface area contributed by atoms with Gasteiger partial charge in [0.05, 0.1) is 17.0 Å². The maximum atomic E-state index is 13.2. The zero-order valence-corrected chi connectivity index (χ0v) is 14.9. The first-order valence-corrected chi connectivity index (χ1v) is 8.78. The minimum atomic E-state index is -0.827. The van der Waals surface area contributed by atoms with Crippen LogP contribution in [-0.2, 0) is 4.79 Å². The van der Waals surface area contributed by atoms with Crippen LogP contribution in [0.25, 0.3) is 10.9 Å². The van der Waals surface area contributed by atoms with Crippen molar-refractivity contribution in [3.63, 3.8) is 0 Å². The Hall–Kier alpha value is -2.43. The number of rotatable bonds is 3. The number of aromatic nitrogens is 1. The van der Waals surface area contributed by atoms with Gasteiger partial charge in [-0.3, -0.25) is 14.6 Å². The lowest BCUT2D eigenvalue weighted by Gasteiger charge is -2.35.